The Morgan fingerprint density at radius 1 is 1.26 bits per heavy atom. The molecule has 3 N–H and O–H groups in total. The second-order valence-electron chi connectivity index (χ2n) is 5.00. The summed E-state index contributed by atoms with van der Waals surface area (Å²) in [6.07, 6.45) is 3.12. The van der Waals surface area contributed by atoms with Crippen LogP contribution in [0.15, 0.2) is 18.5 Å². The second kappa shape index (κ2) is 5.88. The molecular formula is C13H18F3N3. The van der Waals surface area contributed by atoms with Crippen LogP contribution in [0.1, 0.15) is 49.3 Å². The number of hydrazine groups is 1. The van der Waals surface area contributed by atoms with E-state index in [1.54, 1.807) is 0 Å². The minimum absolute atomic E-state index is 0.143. The zero-order valence-corrected chi connectivity index (χ0v) is 10.6. The Labute approximate surface area is 110 Å². The second-order valence-corrected chi connectivity index (χ2v) is 5.00. The monoisotopic (exact) mass is 273 g/mol. The van der Waals surface area contributed by atoms with Gasteiger partial charge in [-0.3, -0.25) is 16.3 Å². The molecule has 106 valence electrons. The van der Waals surface area contributed by atoms with Crippen LogP contribution in [0.3, 0.4) is 0 Å². The summed E-state index contributed by atoms with van der Waals surface area (Å²) in [4.78, 5) is 3.83. The van der Waals surface area contributed by atoms with Crippen molar-refractivity contribution in [3.63, 3.8) is 0 Å². The van der Waals surface area contributed by atoms with Gasteiger partial charge >= 0.3 is 6.18 Å². The molecule has 0 bridgehead atoms. The van der Waals surface area contributed by atoms with Crippen molar-refractivity contribution >= 4 is 0 Å². The van der Waals surface area contributed by atoms with Crippen LogP contribution in [0.4, 0.5) is 13.2 Å². The number of hydrogen-bond acceptors (Lipinski definition) is 3. The van der Waals surface area contributed by atoms with Gasteiger partial charge < -0.3 is 0 Å². The van der Waals surface area contributed by atoms with Crippen LogP contribution in [-0.4, -0.2) is 4.98 Å². The summed E-state index contributed by atoms with van der Waals surface area (Å²) in [7, 11) is 0. The molecule has 1 heterocycles. The molecule has 3 nitrogen and oxygen atoms in total. The van der Waals surface area contributed by atoms with Crippen molar-refractivity contribution in [1.82, 2.24) is 10.4 Å². The smallest absolute Gasteiger partial charge is 0.271 e. The molecule has 6 heteroatoms. The molecule has 1 saturated carbocycles. The maximum absolute atomic E-state index is 13.0. The average Bonchev–Trinajstić information content (AvgIpc) is 2.40. The minimum Gasteiger partial charge on any atom is -0.271 e. The third-order valence-corrected chi connectivity index (χ3v) is 3.79. The van der Waals surface area contributed by atoms with Crippen LogP contribution in [0.2, 0.25) is 0 Å². The zero-order chi connectivity index (χ0) is 13.9. The SMILES string of the molecule is NNC(c1cnccc1C(F)(F)F)C1CCCCC1. The van der Waals surface area contributed by atoms with E-state index in [4.69, 9.17) is 5.84 Å². The number of hydrogen-bond donors (Lipinski definition) is 2. The fraction of sp³-hybridized carbons (Fsp3) is 0.615. The summed E-state index contributed by atoms with van der Waals surface area (Å²) in [6.45, 7) is 0. The Hall–Kier alpha value is -1.14. The lowest BCUT2D eigenvalue weighted by Gasteiger charge is -2.31. The van der Waals surface area contributed by atoms with Crippen LogP contribution in [0.25, 0.3) is 0 Å². The lowest BCUT2D eigenvalue weighted by molar-refractivity contribution is -0.138. The number of aromatic nitrogens is 1. The molecule has 2 rings (SSSR count). The van der Waals surface area contributed by atoms with Crippen LogP contribution in [0, 0.1) is 5.92 Å². The molecule has 0 saturated heterocycles. The first-order valence-electron chi connectivity index (χ1n) is 6.51. The quantitative estimate of drug-likeness (QED) is 0.657. The van der Waals surface area contributed by atoms with E-state index in [1.807, 2.05) is 0 Å². The highest BCUT2D eigenvalue weighted by Crippen LogP contribution is 2.39. The number of rotatable bonds is 3. The Bertz CT molecular complexity index is 414. The number of nitrogens with two attached hydrogens (primary N) is 1. The van der Waals surface area contributed by atoms with E-state index in [0.29, 0.717) is 0 Å². The Morgan fingerprint density at radius 3 is 2.53 bits per heavy atom. The van der Waals surface area contributed by atoms with E-state index in [0.717, 1.165) is 38.2 Å². The van der Waals surface area contributed by atoms with Crippen LogP contribution in [0.5, 0.6) is 0 Å². The fourth-order valence-corrected chi connectivity index (χ4v) is 2.86. The van der Waals surface area contributed by atoms with E-state index in [-0.39, 0.29) is 11.5 Å². The predicted molar refractivity (Wildman–Crippen MR) is 65.9 cm³/mol. The molecule has 1 aromatic heterocycles. The zero-order valence-electron chi connectivity index (χ0n) is 10.6. The molecule has 1 fully saturated rings. The maximum Gasteiger partial charge on any atom is 0.416 e. The van der Waals surface area contributed by atoms with Gasteiger partial charge in [0.25, 0.3) is 0 Å². The highest BCUT2D eigenvalue weighted by molar-refractivity contribution is 5.29. The summed E-state index contributed by atoms with van der Waals surface area (Å²) in [6, 6.07) is 0.535. The van der Waals surface area contributed by atoms with Crippen LogP contribution >= 0.6 is 0 Å². The summed E-state index contributed by atoms with van der Waals surface area (Å²) in [5, 5.41) is 0. The molecular weight excluding hydrogens is 255 g/mol. The minimum atomic E-state index is -4.37. The van der Waals surface area contributed by atoms with Gasteiger partial charge in [-0.2, -0.15) is 13.2 Å². The number of nitrogens with zero attached hydrogens (tertiary/aromatic N) is 1. The van der Waals surface area contributed by atoms with Crippen molar-refractivity contribution in [1.29, 1.82) is 0 Å². The van der Waals surface area contributed by atoms with Crippen molar-refractivity contribution in [3.8, 4) is 0 Å². The summed E-state index contributed by atoms with van der Waals surface area (Å²) in [5.41, 5.74) is 2.07. The topological polar surface area (TPSA) is 50.9 Å². The molecule has 1 aliphatic rings. The van der Waals surface area contributed by atoms with Gasteiger partial charge in [-0.15, -0.1) is 0 Å². The van der Waals surface area contributed by atoms with Gasteiger partial charge in [0.05, 0.1) is 11.6 Å². The maximum atomic E-state index is 13.0. The van der Waals surface area contributed by atoms with Crippen molar-refractivity contribution in [2.45, 2.75) is 44.3 Å². The van der Waals surface area contributed by atoms with Crippen molar-refractivity contribution < 1.29 is 13.2 Å². The molecule has 0 amide bonds. The molecule has 1 aliphatic carbocycles. The highest BCUT2D eigenvalue weighted by Gasteiger charge is 2.37. The van der Waals surface area contributed by atoms with Crippen molar-refractivity contribution in [2.24, 2.45) is 11.8 Å². The third kappa shape index (κ3) is 3.25. The van der Waals surface area contributed by atoms with Crippen molar-refractivity contribution in [3.05, 3.63) is 29.6 Å². The van der Waals surface area contributed by atoms with Gasteiger partial charge in [0.1, 0.15) is 0 Å². The number of pyridine rings is 1. The third-order valence-electron chi connectivity index (χ3n) is 3.79. The molecule has 0 aromatic carbocycles. The summed E-state index contributed by atoms with van der Waals surface area (Å²) < 4.78 is 39.0. The largest absolute Gasteiger partial charge is 0.416 e. The normalized spacial score (nSPS) is 19.4. The highest BCUT2D eigenvalue weighted by atomic mass is 19.4. The number of halogens is 3. The Balaban J connectivity index is 2.32. The molecule has 1 atom stereocenters. The fourth-order valence-electron chi connectivity index (χ4n) is 2.86. The molecule has 19 heavy (non-hydrogen) atoms. The van der Waals surface area contributed by atoms with Crippen LogP contribution < -0.4 is 11.3 Å². The first kappa shape index (κ1) is 14.3. The molecule has 0 spiro atoms. The standard InChI is InChI=1S/C13H18F3N3/c14-13(15,16)11-6-7-18-8-10(11)12(19-17)9-4-2-1-3-5-9/h6-9,12,19H,1-5,17H2. The summed E-state index contributed by atoms with van der Waals surface area (Å²) >= 11 is 0. The van der Waals surface area contributed by atoms with Gasteiger partial charge in [-0.05, 0) is 24.8 Å². The van der Waals surface area contributed by atoms with Gasteiger partial charge in [-0.25, -0.2) is 0 Å². The number of alkyl halides is 3. The summed E-state index contributed by atoms with van der Waals surface area (Å²) in [5.74, 6) is 5.65. The first-order valence-corrected chi connectivity index (χ1v) is 6.51. The van der Waals surface area contributed by atoms with E-state index in [9.17, 15) is 13.2 Å². The Morgan fingerprint density at radius 2 is 1.95 bits per heavy atom. The lowest BCUT2D eigenvalue weighted by Crippen LogP contribution is -2.36. The van der Waals surface area contributed by atoms with Gasteiger partial charge in [0.2, 0.25) is 0 Å². The first-order chi connectivity index (χ1) is 9.04. The number of nitrogens with one attached hydrogen (secondary N) is 1. The van der Waals surface area contributed by atoms with Crippen LogP contribution in [-0.2, 0) is 6.18 Å². The average molecular weight is 273 g/mol. The van der Waals surface area contributed by atoms with E-state index < -0.39 is 17.8 Å². The molecule has 0 radical (unpaired) electrons. The predicted octanol–water partition coefficient (Wildman–Crippen LogP) is 3.19. The molecule has 0 aliphatic heterocycles. The van der Waals surface area contributed by atoms with Gasteiger partial charge in [0.15, 0.2) is 0 Å². The Kier molecular flexibility index (Phi) is 4.42. The van der Waals surface area contributed by atoms with E-state index in [2.05, 4.69) is 10.4 Å². The van der Waals surface area contributed by atoms with E-state index in [1.165, 1.54) is 12.4 Å². The van der Waals surface area contributed by atoms with E-state index >= 15 is 0 Å². The van der Waals surface area contributed by atoms with Gasteiger partial charge in [0, 0.05) is 18.0 Å². The van der Waals surface area contributed by atoms with Gasteiger partial charge in [-0.1, -0.05) is 19.3 Å². The molecule has 1 unspecified atom stereocenters. The lowest BCUT2D eigenvalue weighted by atomic mass is 9.80. The van der Waals surface area contributed by atoms with Crippen molar-refractivity contribution in [2.75, 3.05) is 0 Å². The molecule has 1 aromatic rings.